The molecule has 0 bridgehead atoms. The van der Waals surface area contributed by atoms with E-state index in [1.54, 1.807) is 6.07 Å². The van der Waals surface area contributed by atoms with Gasteiger partial charge in [-0.25, -0.2) is 0 Å². The lowest BCUT2D eigenvalue weighted by atomic mass is 10.2. The second kappa shape index (κ2) is 3.08. The molecule has 0 amide bonds. The van der Waals surface area contributed by atoms with Gasteiger partial charge in [0.2, 0.25) is 0 Å². The molecule has 13 heavy (non-hydrogen) atoms. The normalized spacial score (nSPS) is 25.9. The molecule has 0 aromatic carbocycles. The van der Waals surface area contributed by atoms with Crippen LogP contribution in [-0.4, -0.2) is 11.5 Å². The van der Waals surface area contributed by atoms with Gasteiger partial charge in [0.1, 0.15) is 0 Å². The second-order valence-electron chi connectivity index (χ2n) is 3.31. The monoisotopic (exact) mass is 198 g/mol. The van der Waals surface area contributed by atoms with E-state index in [-0.39, 0.29) is 9.92 Å². The van der Waals surface area contributed by atoms with Crippen LogP contribution in [0.5, 0.6) is 0 Å². The standard InChI is InChI=1S/C8H10N2O2S/c9-3-5-1-7(5)6-2-8(10(11)12)13-4-6/h2,4-5,7H,1,3,9H2. The number of nitro groups is 1. The second-order valence-corrected chi connectivity index (χ2v) is 4.20. The molecule has 1 aromatic rings. The number of hydrogen-bond acceptors (Lipinski definition) is 4. The predicted molar refractivity (Wildman–Crippen MR) is 50.9 cm³/mol. The molecule has 70 valence electrons. The Bertz CT molecular complexity index is 337. The average molecular weight is 198 g/mol. The summed E-state index contributed by atoms with van der Waals surface area (Å²) in [7, 11) is 0. The number of nitrogens with zero attached hydrogens (tertiary/aromatic N) is 1. The fourth-order valence-electron chi connectivity index (χ4n) is 1.55. The minimum absolute atomic E-state index is 0.234. The van der Waals surface area contributed by atoms with E-state index in [2.05, 4.69) is 0 Å². The first kappa shape index (κ1) is 8.65. The van der Waals surface area contributed by atoms with Crippen molar-refractivity contribution in [2.24, 2.45) is 11.7 Å². The molecule has 1 saturated carbocycles. The maximum Gasteiger partial charge on any atom is 0.324 e. The SMILES string of the molecule is NCC1CC1c1csc([N+](=O)[O-])c1. The summed E-state index contributed by atoms with van der Waals surface area (Å²) in [6.07, 6.45) is 1.09. The van der Waals surface area contributed by atoms with E-state index in [4.69, 9.17) is 5.73 Å². The van der Waals surface area contributed by atoms with E-state index < -0.39 is 0 Å². The van der Waals surface area contributed by atoms with E-state index in [9.17, 15) is 10.1 Å². The molecule has 2 N–H and O–H groups in total. The van der Waals surface area contributed by atoms with Crippen molar-refractivity contribution in [3.63, 3.8) is 0 Å². The summed E-state index contributed by atoms with van der Waals surface area (Å²) in [4.78, 5) is 10.1. The fourth-order valence-corrected chi connectivity index (χ4v) is 2.34. The van der Waals surface area contributed by atoms with Crippen LogP contribution >= 0.6 is 11.3 Å². The number of hydrogen-bond donors (Lipinski definition) is 1. The summed E-state index contributed by atoms with van der Waals surface area (Å²) in [5.74, 6) is 1.03. The third-order valence-electron chi connectivity index (χ3n) is 2.44. The van der Waals surface area contributed by atoms with Crippen molar-refractivity contribution in [2.45, 2.75) is 12.3 Å². The number of nitrogens with two attached hydrogens (primary N) is 1. The summed E-state index contributed by atoms with van der Waals surface area (Å²) < 4.78 is 0. The van der Waals surface area contributed by atoms with E-state index in [0.717, 1.165) is 12.0 Å². The van der Waals surface area contributed by atoms with Gasteiger partial charge in [-0.15, -0.1) is 0 Å². The summed E-state index contributed by atoms with van der Waals surface area (Å²) in [5, 5.41) is 12.5. The van der Waals surface area contributed by atoms with E-state index in [0.29, 0.717) is 18.4 Å². The highest BCUT2D eigenvalue weighted by Gasteiger charge is 2.38. The maximum absolute atomic E-state index is 10.4. The Hall–Kier alpha value is -0.940. The van der Waals surface area contributed by atoms with Gasteiger partial charge in [0.25, 0.3) is 0 Å². The first-order chi connectivity index (χ1) is 6.22. The molecule has 0 spiro atoms. The topological polar surface area (TPSA) is 69.2 Å². The molecular formula is C8H10N2O2S. The van der Waals surface area contributed by atoms with Gasteiger partial charge in [-0.1, -0.05) is 11.3 Å². The van der Waals surface area contributed by atoms with E-state index in [1.807, 2.05) is 5.38 Å². The molecule has 0 saturated heterocycles. The predicted octanol–water partition coefficient (Wildman–Crippen LogP) is 1.72. The van der Waals surface area contributed by atoms with Gasteiger partial charge in [0.05, 0.1) is 4.92 Å². The Kier molecular flexibility index (Phi) is 2.05. The van der Waals surface area contributed by atoms with Crippen LogP contribution in [0.4, 0.5) is 5.00 Å². The quantitative estimate of drug-likeness (QED) is 0.593. The first-order valence-electron chi connectivity index (χ1n) is 4.15. The van der Waals surface area contributed by atoms with Crippen LogP contribution < -0.4 is 5.73 Å². The molecule has 1 heterocycles. The number of thiophene rings is 1. The maximum atomic E-state index is 10.4. The molecule has 1 fully saturated rings. The summed E-state index contributed by atoms with van der Waals surface area (Å²) in [6.45, 7) is 0.689. The van der Waals surface area contributed by atoms with E-state index >= 15 is 0 Å². The van der Waals surface area contributed by atoms with E-state index in [1.165, 1.54) is 11.3 Å². The van der Waals surface area contributed by atoms with Crippen LogP contribution in [0.2, 0.25) is 0 Å². The van der Waals surface area contributed by atoms with Gasteiger partial charge in [-0.2, -0.15) is 0 Å². The minimum Gasteiger partial charge on any atom is -0.330 e. The van der Waals surface area contributed by atoms with Crippen molar-refractivity contribution in [1.29, 1.82) is 0 Å². The lowest BCUT2D eigenvalue weighted by Gasteiger charge is -1.90. The molecule has 0 aliphatic heterocycles. The lowest BCUT2D eigenvalue weighted by molar-refractivity contribution is -0.380. The Morgan fingerprint density at radius 3 is 3.00 bits per heavy atom. The van der Waals surface area contributed by atoms with Gasteiger partial charge >= 0.3 is 5.00 Å². The van der Waals surface area contributed by atoms with Gasteiger partial charge in [0, 0.05) is 11.4 Å². The van der Waals surface area contributed by atoms with Crippen LogP contribution in [0, 0.1) is 16.0 Å². The van der Waals surface area contributed by atoms with Gasteiger partial charge < -0.3 is 5.73 Å². The molecule has 1 aromatic heterocycles. The fraction of sp³-hybridized carbons (Fsp3) is 0.500. The van der Waals surface area contributed by atoms with Crippen LogP contribution in [-0.2, 0) is 0 Å². The molecule has 0 radical (unpaired) electrons. The third-order valence-corrected chi connectivity index (χ3v) is 3.34. The zero-order chi connectivity index (χ0) is 9.42. The Morgan fingerprint density at radius 1 is 1.77 bits per heavy atom. The van der Waals surface area contributed by atoms with Crippen molar-refractivity contribution >= 4 is 16.3 Å². The molecule has 2 atom stereocenters. The van der Waals surface area contributed by atoms with Crippen LogP contribution in [0.3, 0.4) is 0 Å². The highest BCUT2D eigenvalue weighted by atomic mass is 32.1. The molecule has 2 rings (SSSR count). The summed E-state index contributed by atoms with van der Waals surface area (Å²) in [5.41, 5.74) is 6.59. The minimum atomic E-state index is -0.339. The highest BCUT2D eigenvalue weighted by Crippen LogP contribution is 2.48. The molecule has 1 aliphatic rings. The van der Waals surface area contributed by atoms with Crippen molar-refractivity contribution in [3.8, 4) is 0 Å². The summed E-state index contributed by atoms with van der Waals surface area (Å²) in [6, 6.07) is 1.67. The summed E-state index contributed by atoms with van der Waals surface area (Å²) >= 11 is 1.20. The number of rotatable bonds is 3. The Labute approximate surface area is 79.5 Å². The molecule has 5 heteroatoms. The third kappa shape index (κ3) is 1.57. The molecule has 1 aliphatic carbocycles. The van der Waals surface area contributed by atoms with Crippen LogP contribution in [0.25, 0.3) is 0 Å². The largest absolute Gasteiger partial charge is 0.330 e. The van der Waals surface area contributed by atoms with Gasteiger partial charge in [-0.3, -0.25) is 10.1 Å². The molecule has 2 unspecified atom stereocenters. The average Bonchev–Trinajstić information content (AvgIpc) is 2.73. The van der Waals surface area contributed by atoms with Gasteiger partial charge in [0.15, 0.2) is 0 Å². The van der Waals surface area contributed by atoms with Crippen LogP contribution in [0.15, 0.2) is 11.4 Å². The van der Waals surface area contributed by atoms with Gasteiger partial charge in [-0.05, 0) is 30.4 Å². The zero-order valence-corrected chi connectivity index (χ0v) is 7.79. The van der Waals surface area contributed by atoms with Crippen molar-refractivity contribution < 1.29 is 4.92 Å². The molecular weight excluding hydrogens is 188 g/mol. The first-order valence-corrected chi connectivity index (χ1v) is 5.03. The Morgan fingerprint density at radius 2 is 2.54 bits per heavy atom. The molecule has 4 nitrogen and oxygen atoms in total. The lowest BCUT2D eigenvalue weighted by Crippen LogP contribution is -2.01. The van der Waals surface area contributed by atoms with Crippen LogP contribution in [0.1, 0.15) is 17.9 Å². The van der Waals surface area contributed by atoms with Crippen molar-refractivity contribution in [1.82, 2.24) is 0 Å². The van der Waals surface area contributed by atoms with Crippen molar-refractivity contribution in [2.75, 3.05) is 6.54 Å². The highest BCUT2D eigenvalue weighted by molar-refractivity contribution is 7.13. The smallest absolute Gasteiger partial charge is 0.324 e. The van der Waals surface area contributed by atoms with Crippen molar-refractivity contribution in [3.05, 3.63) is 27.1 Å². The Balaban J connectivity index is 2.11. The zero-order valence-electron chi connectivity index (χ0n) is 6.97.